The Morgan fingerprint density at radius 2 is 2.22 bits per heavy atom. The van der Waals surface area contributed by atoms with Crippen molar-refractivity contribution < 1.29 is 24.5 Å². The van der Waals surface area contributed by atoms with E-state index < -0.39 is 11.8 Å². The van der Waals surface area contributed by atoms with Crippen molar-refractivity contribution in [2.75, 3.05) is 7.11 Å². The third kappa shape index (κ3) is 1.45. The molecule has 2 aliphatic heterocycles. The quantitative estimate of drug-likeness (QED) is 0.725. The molecule has 2 aliphatic rings. The van der Waals surface area contributed by atoms with Gasteiger partial charge in [-0.3, -0.25) is 0 Å². The van der Waals surface area contributed by atoms with Crippen molar-refractivity contribution in [3.05, 3.63) is 16.8 Å². The van der Waals surface area contributed by atoms with Gasteiger partial charge in [-0.25, -0.2) is 9.78 Å². The van der Waals surface area contributed by atoms with E-state index in [9.17, 15) is 15.0 Å². The van der Waals surface area contributed by atoms with Crippen molar-refractivity contribution in [3.63, 3.8) is 0 Å². The fourth-order valence-corrected chi connectivity index (χ4v) is 2.66. The molecule has 1 aromatic rings. The molecule has 2 atom stereocenters. The molecule has 2 bridgehead atoms. The Morgan fingerprint density at radius 1 is 1.44 bits per heavy atom. The van der Waals surface area contributed by atoms with E-state index in [1.165, 1.54) is 7.11 Å². The molecule has 1 fully saturated rings. The predicted molar refractivity (Wildman–Crippen MR) is 59.5 cm³/mol. The molecule has 0 spiro atoms. The molecule has 3 rings (SSSR count). The Labute approximate surface area is 103 Å². The van der Waals surface area contributed by atoms with Crippen LogP contribution in [0.3, 0.4) is 0 Å². The molecule has 96 valence electrons. The molecule has 2 N–H and O–H groups in total. The number of fused-ring (bicyclic) bond motifs is 4. The van der Waals surface area contributed by atoms with Crippen molar-refractivity contribution in [2.24, 2.45) is 0 Å². The third-order valence-electron chi connectivity index (χ3n) is 3.52. The molecule has 1 saturated heterocycles. The molecule has 6 heteroatoms. The second-order valence-electron chi connectivity index (χ2n) is 4.54. The Bertz CT molecular complexity index is 528. The van der Waals surface area contributed by atoms with Crippen LogP contribution in [0.15, 0.2) is 0 Å². The lowest BCUT2D eigenvalue weighted by atomic mass is 10.00. The largest absolute Gasteiger partial charge is 0.506 e. The van der Waals surface area contributed by atoms with Gasteiger partial charge in [-0.05, 0) is 12.8 Å². The van der Waals surface area contributed by atoms with E-state index in [2.05, 4.69) is 9.72 Å². The Hall–Kier alpha value is -1.82. The highest BCUT2D eigenvalue weighted by Crippen LogP contribution is 2.45. The molecule has 0 aliphatic carbocycles. The maximum atomic E-state index is 11.5. The van der Waals surface area contributed by atoms with Gasteiger partial charge in [-0.15, -0.1) is 0 Å². The van der Waals surface area contributed by atoms with Gasteiger partial charge in [0.2, 0.25) is 5.88 Å². The molecule has 18 heavy (non-hydrogen) atoms. The predicted octanol–water partition coefficient (Wildman–Crippen LogP) is 1.06. The Balaban J connectivity index is 2.17. The summed E-state index contributed by atoms with van der Waals surface area (Å²) in [5.74, 6) is -1.53. The smallest absolute Gasteiger partial charge is 0.347 e. The summed E-state index contributed by atoms with van der Waals surface area (Å²) in [4.78, 5) is 15.5. The van der Waals surface area contributed by atoms with E-state index in [0.29, 0.717) is 17.7 Å². The normalized spacial score (nSPS) is 24.7. The molecule has 3 heterocycles. The first-order valence-electron chi connectivity index (χ1n) is 5.80. The van der Waals surface area contributed by atoms with Crippen LogP contribution in [-0.4, -0.2) is 34.4 Å². The topological polar surface area (TPSA) is 88.9 Å². The van der Waals surface area contributed by atoms with Gasteiger partial charge in [-0.2, -0.15) is 0 Å². The number of ether oxygens (including phenoxy) is 2. The average Bonchev–Trinajstić information content (AvgIpc) is 2.74. The summed E-state index contributed by atoms with van der Waals surface area (Å²) in [6.07, 6.45) is 2.10. The molecule has 6 nitrogen and oxygen atoms in total. The van der Waals surface area contributed by atoms with Crippen molar-refractivity contribution in [2.45, 2.75) is 31.5 Å². The summed E-state index contributed by atoms with van der Waals surface area (Å²) in [6.45, 7) is 0. The fraction of sp³-hybridized carbons (Fsp3) is 0.500. The zero-order chi connectivity index (χ0) is 12.9. The number of carbonyl (C=O) groups is 1. The van der Waals surface area contributed by atoms with Crippen LogP contribution in [-0.2, 0) is 15.9 Å². The number of esters is 1. The van der Waals surface area contributed by atoms with Crippen LogP contribution in [0.2, 0.25) is 0 Å². The van der Waals surface area contributed by atoms with Gasteiger partial charge < -0.3 is 19.7 Å². The van der Waals surface area contributed by atoms with Crippen LogP contribution < -0.4 is 0 Å². The number of methoxy groups -OCH3 is 1. The maximum absolute atomic E-state index is 11.5. The minimum absolute atomic E-state index is 0.0604. The molecule has 1 aromatic heterocycles. The van der Waals surface area contributed by atoms with E-state index in [-0.39, 0.29) is 23.5 Å². The summed E-state index contributed by atoms with van der Waals surface area (Å²) in [5, 5.41) is 19.9. The van der Waals surface area contributed by atoms with Crippen LogP contribution in [0, 0.1) is 0 Å². The standard InChI is InChI=1S/C12H13NO5/c1-17-12(16)8-10(14)6-4-5-2-3-7(18-5)9(6)13-11(8)15/h5,7H,2-4H2,1H3,(H2,13,14,15). The van der Waals surface area contributed by atoms with Crippen LogP contribution in [0.25, 0.3) is 0 Å². The second kappa shape index (κ2) is 3.84. The number of aromatic hydroxyl groups is 2. The van der Waals surface area contributed by atoms with E-state index in [0.717, 1.165) is 12.8 Å². The summed E-state index contributed by atoms with van der Waals surface area (Å²) in [5.41, 5.74) is 0.857. The number of hydrogen-bond donors (Lipinski definition) is 2. The third-order valence-corrected chi connectivity index (χ3v) is 3.52. The SMILES string of the molecule is COC(=O)c1c(O)nc2c(c1O)CC1CCC2O1. The van der Waals surface area contributed by atoms with Gasteiger partial charge in [-0.1, -0.05) is 0 Å². The van der Waals surface area contributed by atoms with Crippen molar-refractivity contribution in [1.82, 2.24) is 4.98 Å². The maximum Gasteiger partial charge on any atom is 0.347 e. The summed E-state index contributed by atoms with van der Waals surface area (Å²) < 4.78 is 10.2. The molecule has 0 amide bonds. The molecule has 0 radical (unpaired) electrons. The molecular weight excluding hydrogens is 238 g/mol. The monoisotopic (exact) mass is 251 g/mol. The van der Waals surface area contributed by atoms with E-state index >= 15 is 0 Å². The second-order valence-corrected chi connectivity index (χ2v) is 4.54. The van der Waals surface area contributed by atoms with Gasteiger partial charge in [0.25, 0.3) is 0 Å². The summed E-state index contributed by atoms with van der Waals surface area (Å²) in [7, 11) is 1.19. The number of pyridine rings is 1. The van der Waals surface area contributed by atoms with Crippen LogP contribution >= 0.6 is 0 Å². The molecule has 2 unspecified atom stereocenters. The first kappa shape index (κ1) is 11.3. The number of aromatic nitrogens is 1. The zero-order valence-corrected chi connectivity index (χ0v) is 9.84. The summed E-state index contributed by atoms with van der Waals surface area (Å²) in [6, 6.07) is 0. The molecular formula is C12H13NO5. The van der Waals surface area contributed by atoms with E-state index in [4.69, 9.17) is 4.74 Å². The van der Waals surface area contributed by atoms with Gasteiger partial charge in [0.1, 0.15) is 11.9 Å². The van der Waals surface area contributed by atoms with Crippen LogP contribution in [0.4, 0.5) is 0 Å². The highest BCUT2D eigenvalue weighted by atomic mass is 16.5. The number of carbonyl (C=O) groups excluding carboxylic acids is 1. The van der Waals surface area contributed by atoms with Crippen LogP contribution in [0.1, 0.15) is 40.6 Å². The van der Waals surface area contributed by atoms with Gasteiger partial charge >= 0.3 is 5.97 Å². The minimum atomic E-state index is -0.792. The first-order valence-corrected chi connectivity index (χ1v) is 5.80. The van der Waals surface area contributed by atoms with Crippen LogP contribution in [0.5, 0.6) is 11.6 Å². The average molecular weight is 251 g/mol. The number of hydrogen-bond acceptors (Lipinski definition) is 6. The van der Waals surface area contributed by atoms with E-state index in [1.54, 1.807) is 0 Å². The van der Waals surface area contributed by atoms with Gasteiger partial charge in [0.05, 0.1) is 18.9 Å². The molecule has 0 aromatic carbocycles. The Kier molecular flexibility index (Phi) is 2.41. The number of nitrogens with zero attached hydrogens (tertiary/aromatic N) is 1. The highest BCUT2D eigenvalue weighted by molar-refractivity contribution is 5.95. The van der Waals surface area contributed by atoms with E-state index in [1.807, 2.05) is 0 Å². The van der Waals surface area contributed by atoms with Crippen molar-refractivity contribution in [1.29, 1.82) is 0 Å². The lowest BCUT2D eigenvalue weighted by Gasteiger charge is -2.24. The summed E-state index contributed by atoms with van der Waals surface area (Å²) >= 11 is 0. The minimum Gasteiger partial charge on any atom is -0.506 e. The van der Waals surface area contributed by atoms with Gasteiger partial charge in [0, 0.05) is 12.0 Å². The fourth-order valence-electron chi connectivity index (χ4n) is 2.66. The van der Waals surface area contributed by atoms with Crippen molar-refractivity contribution >= 4 is 5.97 Å². The number of rotatable bonds is 1. The van der Waals surface area contributed by atoms with Gasteiger partial charge in [0.15, 0.2) is 5.56 Å². The van der Waals surface area contributed by atoms with Crippen molar-refractivity contribution in [3.8, 4) is 11.6 Å². The lowest BCUT2D eigenvalue weighted by molar-refractivity contribution is 0.0278. The lowest BCUT2D eigenvalue weighted by Crippen LogP contribution is -2.20. The first-order chi connectivity index (χ1) is 8.61. The molecule has 0 saturated carbocycles. The zero-order valence-electron chi connectivity index (χ0n) is 9.84. The Morgan fingerprint density at radius 3 is 2.94 bits per heavy atom. The highest BCUT2D eigenvalue weighted by Gasteiger charge is 2.38.